The Morgan fingerprint density at radius 2 is 1.67 bits per heavy atom. The molecule has 1 N–H and O–H groups in total. The lowest BCUT2D eigenvalue weighted by molar-refractivity contribution is 0.198. The topological polar surface area (TPSA) is 38.7 Å². The number of aliphatic hydroxyl groups is 1. The van der Waals surface area contributed by atoms with Gasteiger partial charge in [0.25, 0.3) is 0 Å². The third-order valence-electron chi connectivity index (χ3n) is 2.95. The summed E-state index contributed by atoms with van der Waals surface area (Å²) in [5, 5.41) is 9.60. The lowest BCUT2D eigenvalue weighted by Crippen LogP contribution is -1.95. The van der Waals surface area contributed by atoms with Crippen molar-refractivity contribution in [3.05, 3.63) is 52.5 Å². The molecule has 0 saturated carbocycles. The van der Waals surface area contributed by atoms with Gasteiger partial charge in [-0.2, -0.15) is 0 Å². The standard InChI is InChI=1S/C17H19BrO3/c1-3-10-20-13-4-6-14(7-5-13)21-15-8-9-16(12(2)19)17(18)11-15/h4-9,11-12,19H,3,10H2,1-2H3/t12-/m0/s1. The van der Waals surface area contributed by atoms with Gasteiger partial charge >= 0.3 is 0 Å². The highest BCUT2D eigenvalue weighted by Gasteiger charge is 2.07. The summed E-state index contributed by atoms with van der Waals surface area (Å²) in [7, 11) is 0. The molecule has 0 bridgehead atoms. The van der Waals surface area contributed by atoms with Crippen molar-refractivity contribution in [1.29, 1.82) is 0 Å². The molecule has 2 aromatic rings. The molecule has 0 heterocycles. The van der Waals surface area contributed by atoms with Crippen LogP contribution < -0.4 is 9.47 Å². The van der Waals surface area contributed by atoms with Gasteiger partial charge in [-0.1, -0.05) is 28.9 Å². The van der Waals surface area contributed by atoms with E-state index in [0.29, 0.717) is 12.4 Å². The first-order chi connectivity index (χ1) is 10.1. The molecule has 0 radical (unpaired) electrons. The maximum absolute atomic E-state index is 9.60. The predicted molar refractivity (Wildman–Crippen MR) is 87.1 cm³/mol. The second-order valence-corrected chi connectivity index (χ2v) is 5.64. The zero-order chi connectivity index (χ0) is 15.2. The number of hydrogen-bond donors (Lipinski definition) is 1. The van der Waals surface area contributed by atoms with Crippen LogP contribution in [0.15, 0.2) is 46.9 Å². The SMILES string of the molecule is CCCOc1ccc(Oc2ccc([C@H](C)O)c(Br)c2)cc1. The van der Waals surface area contributed by atoms with Crippen molar-refractivity contribution in [2.24, 2.45) is 0 Å². The van der Waals surface area contributed by atoms with E-state index in [9.17, 15) is 5.11 Å². The number of rotatable bonds is 6. The third kappa shape index (κ3) is 4.48. The molecule has 0 aromatic heterocycles. The van der Waals surface area contributed by atoms with Crippen molar-refractivity contribution in [1.82, 2.24) is 0 Å². The fourth-order valence-electron chi connectivity index (χ4n) is 1.87. The Morgan fingerprint density at radius 1 is 1.05 bits per heavy atom. The summed E-state index contributed by atoms with van der Waals surface area (Å²) < 4.78 is 12.1. The van der Waals surface area contributed by atoms with Gasteiger partial charge in [-0.3, -0.25) is 0 Å². The molecule has 0 amide bonds. The molecular formula is C17H19BrO3. The lowest BCUT2D eigenvalue weighted by atomic mass is 10.1. The molecule has 1 atom stereocenters. The average molecular weight is 351 g/mol. The van der Waals surface area contributed by atoms with Crippen LogP contribution in [0.2, 0.25) is 0 Å². The van der Waals surface area contributed by atoms with E-state index in [0.717, 1.165) is 28.0 Å². The van der Waals surface area contributed by atoms with Gasteiger partial charge in [0, 0.05) is 4.47 Å². The highest BCUT2D eigenvalue weighted by molar-refractivity contribution is 9.10. The van der Waals surface area contributed by atoms with Crippen LogP contribution in [0.5, 0.6) is 17.2 Å². The minimum absolute atomic E-state index is 0.511. The smallest absolute Gasteiger partial charge is 0.128 e. The summed E-state index contributed by atoms with van der Waals surface area (Å²) in [5.74, 6) is 2.30. The van der Waals surface area contributed by atoms with E-state index in [1.807, 2.05) is 42.5 Å². The zero-order valence-electron chi connectivity index (χ0n) is 12.2. The summed E-state index contributed by atoms with van der Waals surface area (Å²) in [6.45, 7) is 4.52. The van der Waals surface area contributed by atoms with Crippen molar-refractivity contribution in [3.8, 4) is 17.2 Å². The fraction of sp³-hybridized carbons (Fsp3) is 0.294. The molecule has 0 fully saturated rings. The molecule has 112 valence electrons. The van der Waals surface area contributed by atoms with Crippen LogP contribution in [-0.2, 0) is 0 Å². The van der Waals surface area contributed by atoms with Gasteiger partial charge < -0.3 is 14.6 Å². The number of hydrogen-bond acceptors (Lipinski definition) is 3. The van der Waals surface area contributed by atoms with E-state index < -0.39 is 6.10 Å². The van der Waals surface area contributed by atoms with E-state index in [1.165, 1.54) is 0 Å². The molecule has 0 aliphatic rings. The van der Waals surface area contributed by atoms with Crippen LogP contribution in [0.1, 0.15) is 31.9 Å². The molecule has 0 spiro atoms. The molecule has 21 heavy (non-hydrogen) atoms. The van der Waals surface area contributed by atoms with Gasteiger partial charge in [-0.25, -0.2) is 0 Å². The van der Waals surface area contributed by atoms with Gasteiger partial charge in [0.15, 0.2) is 0 Å². The second-order valence-electron chi connectivity index (χ2n) is 4.78. The number of ether oxygens (including phenoxy) is 2. The zero-order valence-corrected chi connectivity index (χ0v) is 13.8. The van der Waals surface area contributed by atoms with Crippen LogP contribution in [0, 0.1) is 0 Å². The maximum atomic E-state index is 9.60. The Morgan fingerprint density at radius 3 is 2.24 bits per heavy atom. The molecule has 4 heteroatoms. The number of halogens is 1. The highest BCUT2D eigenvalue weighted by Crippen LogP contribution is 2.30. The Bertz CT molecular complexity index is 579. The molecule has 0 aliphatic heterocycles. The monoisotopic (exact) mass is 350 g/mol. The first-order valence-electron chi connectivity index (χ1n) is 6.98. The summed E-state index contributed by atoms with van der Waals surface area (Å²) in [6, 6.07) is 13.1. The van der Waals surface area contributed by atoms with Crippen molar-refractivity contribution >= 4 is 15.9 Å². The first-order valence-corrected chi connectivity index (χ1v) is 7.77. The van der Waals surface area contributed by atoms with Crippen LogP contribution in [0.4, 0.5) is 0 Å². The molecular weight excluding hydrogens is 332 g/mol. The average Bonchev–Trinajstić information content (AvgIpc) is 2.46. The first kappa shape index (κ1) is 15.9. The van der Waals surface area contributed by atoms with Gasteiger partial charge in [-0.15, -0.1) is 0 Å². The van der Waals surface area contributed by atoms with Crippen LogP contribution in [-0.4, -0.2) is 11.7 Å². The van der Waals surface area contributed by atoms with Gasteiger partial charge in [-0.05, 0) is 55.3 Å². The Kier molecular flexibility index (Phi) is 5.65. The normalized spacial score (nSPS) is 12.0. The van der Waals surface area contributed by atoms with Gasteiger partial charge in [0.2, 0.25) is 0 Å². The van der Waals surface area contributed by atoms with E-state index in [4.69, 9.17) is 9.47 Å². The van der Waals surface area contributed by atoms with E-state index in [2.05, 4.69) is 22.9 Å². The van der Waals surface area contributed by atoms with E-state index in [1.54, 1.807) is 6.92 Å². The predicted octanol–water partition coefficient (Wildman–Crippen LogP) is 5.08. The molecule has 0 aliphatic carbocycles. The van der Waals surface area contributed by atoms with Gasteiger partial charge in [0.1, 0.15) is 17.2 Å². The number of aliphatic hydroxyl groups excluding tert-OH is 1. The molecule has 0 saturated heterocycles. The molecule has 2 rings (SSSR count). The molecule has 3 nitrogen and oxygen atoms in total. The van der Waals surface area contributed by atoms with Crippen LogP contribution in [0.25, 0.3) is 0 Å². The summed E-state index contributed by atoms with van der Waals surface area (Å²) in [4.78, 5) is 0. The summed E-state index contributed by atoms with van der Waals surface area (Å²) in [6.07, 6.45) is 0.477. The van der Waals surface area contributed by atoms with Gasteiger partial charge in [0.05, 0.1) is 12.7 Å². The quantitative estimate of drug-likeness (QED) is 0.788. The lowest BCUT2D eigenvalue weighted by Gasteiger charge is -2.11. The molecule has 0 unspecified atom stereocenters. The van der Waals surface area contributed by atoms with E-state index >= 15 is 0 Å². The van der Waals surface area contributed by atoms with Crippen molar-refractivity contribution in [3.63, 3.8) is 0 Å². The van der Waals surface area contributed by atoms with Crippen LogP contribution in [0.3, 0.4) is 0 Å². The third-order valence-corrected chi connectivity index (χ3v) is 3.64. The van der Waals surface area contributed by atoms with E-state index in [-0.39, 0.29) is 0 Å². The van der Waals surface area contributed by atoms with Crippen molar-refractivity contribution < 1.29 is 14.6 Å². The Balaban J connectivity index is 2.06. The Labute approximate surface area is 133 Å². The summed E-state index contributed by atoms with van der Waals surface area (Å²) >= 11 is 3.44. The van der Waals surface area contributed by atoms with Crippen molar-refractivity contribution in [2.75, 3.05) is 6.61 Å². The Hall–Kier alpha value is -1.52. The highest BCUT2D eigenvalue weighted by atomic mass is 79.9. The van der Waals surface area contributed by atoms with Crippen LogP contribution >= 0.6 is 15.9 Å². The van der Waals surface area contributed by atoms with Crippen molar-refractivity contribution in [2.45, 2.75) is 26.4 Å². The number of benzene rings is 2. The maximum Gasteiger partial charge on any atom is 0.128 e. The summed E-state index contributed by atoms with van der Waals surface area (Å²) in [5.41, 5.74) is 0.839. The minimum Gasteiger partial charge on any atom is -0.494 e. The minimum atomic E-state index is -0.511. The second kappa shape index (κ2) is 7.48. The molecule has 2 aromatic carbocycles. The fourth-order valence-corrected chi connectivity index (χ4v) is 2.56. The largest absolute Gasteiger partial charge is 0.494 e.